The molecule has 2 aliphatic rings. The van der Waals surface area contributed by atoms with E-state index in [9.17, 15) is 9.59 Å². The maximum Gasteiger partial charge on any atom is 0.334 e. The van der Waals surface area contributed by atoms with Crippen LogP contribution in [0, 0.1) is 0 Å². The van der Waals surface area contributed by atoms with Crippen LogP contribution in [0.2, 0.25) is 0 Å². The molecule has 2 aliphatic heterocycles. The second kappa shape index (κ2) is 6.16. The summed E-state index contributed by atoms with van der Waals surface area (Å²) >= 11 is 1.39. The fraction of sp³-hybridized carbons (Fsp3) is 0.412. The number of ketones is 1. The zero-order valence-corrected chi connectivity index (χ0v) is 13.4. The molecule has 0 amide bonds. The molecule has 5 heteroatoms. The van der Waals surface area contributed by atoms with Gasteiger partial charge in [0.15, 0.2) is 0 Å². The van der Waals surface area contributed by atoms with Crippen LogP contribution in [0.5, 0.6) is 0 Å². The van der Waals surface area contributed by atoms with Crippen molar-refractivity contribution >= 4 is 23.5 Å². The molecule has 0 radical (unpaired) electrons. The van der Waals surface area contributed by atoms with Crippen LogP contribution in [-0.4, -0.2) is 40.4 Å². The molecular weight excluding hydrogens is 298 g/mol. The molecule has 0 spiro atoms. The molecule has 116 valence electrons. The van der Waals surface area contributed by atoms with Gasteiger partial charge in [0.25, 0.3) is 4.93 Å². The number of likely N-dealkylation sites (tertiary alicyclic amines) is 1. The number of benzene rings is 1. The summed E-state index contributed by atoms with van der Waals surface area (Å²) in [7, 11) is 0. The summed E-state index contributed by atoms with van der Waals surface area (Å²) < 4.78 is 5.57. The summed E-state index contributed by atoms with van der Waals surface area (Å²) in [5, 5.41) is 0. The largest absolute Gasteiger partial charge is 0.431 e. The minimum atomic E-state index is -1.22. The Labute approximate surface area is 134 Å². The van der Waals surface area contributed by atoms with E-state index in [2.05, 4.69) is 4.90 Å². The van der Waals surface area contributed by atoms with Crippen LogP contribution >= 0.6 is 11.8 Å². The fourth-order valence-electron chi connectivity index (χ4n) is 3.00. The minimum absolute atomic E-state index is 0.149. The lowest BCUT2D eigenvalue weighted by molar-refractivity contribution is -0.139. The van der Waals surface area contributed by atoms with E-state index in [4.69, 9.17) is 4.74 Å². The highest BCUT2D eigenvalue weighted by Gasteiger charge is 2.52. The number of carbonyl (C=O) groups is 2. The molecule has 1 saturated heterocycles. The minimum Gasteiger partial charge on any atom is -0.431 e. The van der Waals surface area contributed by atoms with Gasteiger partial charge in [0.2, 0.25) is 5.78 Å². The van der Waals surface area contributed by atoms with Crippen molar-refractivity contribution in [1.29, 1.82) is 0 Å². The van der Waals surface area contributed by atoms with Gasteiger partial charge >= 0.3 is 5.97 Å². The first-order chi connectivity index (χ1) is 10.7. The van der Waals surface area contributed by atoms with Crippen molar-refractivity contribution in [3.8, 4) is 0 Å². The van der Waals surface area contributed by atoms with Crippen molar-refractivity contribution < 1.29 is 14.3 Å². The Hall–Kier alpha value is -1.75. The summed E-state index contributed by atoms with van der Waals surface area (Å²) in [6.45, 7) is 3.71. The highest BCUT2D eigenvalue weighted by Crippen LogP contribution is 2.43. The molecule has 3 rings (SSSR count). The lowest BCUT2D eigenvalue weighted by Crippen LogP contribution is -2.43. The number of hydrogen-bond acceptors (Lipinski definition) is 5. The van der Waals surface area contributed by atoms with Crippen LogP contribution in [0.1, 0.15) is 30.1 Å². The van der Waals surface area contributed by atoms with Gasteiger partial charge in [0.05, 0.1) is 5.70 Å². The van der Waals surface area contributed by atoms with Crippen LogP contribution in [0.15, 0.2) is 42.1 Å². The summed E-state index contributed by atoms with van der Waals surface area (Å²) in [6.07, 6.45) is 3.66. The number of hydrogen-bond donors (Lipinski definition) is 0. The summed E-state index contributed by atoms with van der Waals surface area (Å²) in [6, 6.07) is 9.07. The predicted molar refractivity (Wildman–Crippen MR) is 86.6 cm³/mol. The highest BCUT2D eigenvalue weighted by molar-refractivity contribution is 8.01. The molecule has 4 nitrogen and oxygen atoms in total. The number of carbonyl (C=O) groups excluding carboxylic acids is 2. The Morgan fingerprint density at radius 2 is 1.95 bits per heavy atom. The number of nitrogens with zero attached hydrogens (tertiary/aromatic N) is 1. The van der Waals surface area contributed by atoms with Gasteiger partial charge in [-0.25, -0.2) is 4.79 Å². The molecular formula is C17H19NO3S. The maximum absolute atomic E-state index is 13.1. The summed E-state index contributed by atoms with van der Waals surface area (Å²) in [4.78, 5) is 25.9. The van der Waals surface area contributed by atoms with E-state index >= 15 is 0 Å². The van der Waals surface area contributed by atoms with E-state index < -0.39 is 10.9 Å². The van der Waals surface area contributed by atoms with Gasteiger partial charge in [-0.15, -0.1) is 11.8 Å². The molecule has 22 heavy (non-hydrogen) atoms. The topological polar surface area (TPSA) is 46.6 Å². The van der Waals surface area contributed by atoms with Gasteiger partial charge in [-0.2, -0.15) is 0 Å². The van der Waals surface area contributed by atoms with Gasteiger partial charge in [-0.1, -0.05) is 37.3 Å². The number of Topliss-reactive ketones (excluding diaryl/α,β-unsaturated/α-hetero) is 1. The van der Waals surface area contributed by atoms with Crippen LogP contribution in [0.25, 0.3) is 0 Å². The lowest BCUT2D eigenvalue weighted by atomic mass is 10.0. The van der Waals surface area contributed by atoms with E-state index in [0.29, 0.717) is 11.3 Å². The third-order valence-corrected chi connectivity index (χ3v) is 5.14. The number of ether oxygens (including phenoxy) is 1. The molecule has 1 aromatic carbocycles. The van der Waals surface area contributed by atoms with Crippen LogP contribution in [-0.2, 0) is 9.53 Å². The van der Waals surface area contributed by atoms with Gasteiger partial charge in [-0.05, 0) is 18.6 Å². The molecule has 2 heterocycles. The second-order valence-electron chi connectivity index (χ2n) is 5.39. The zero-order chi connectivity index (χ0) is 15.6. The molecule has 0 N–H and O–H groups in total. The van der Waals surface area contributed by atoms with Gasteiger partial charge in [-0.3, -0.25) is 4.79 Å². The number of esters is 1. The Kier molecular flexibility index (Phi) is 4.25. The molecule has 1 unspecified atom stereocenters. The number of cyclic esters (lactones) is 1. The van der Waals surface area contributed by atoms with E-state index in [1.54, 1.807) is 12.1 Å². The molecule has 1 fully saturated rings. The quantitative estimate of drug-likeness (QED) is 0.617. The van der Waals surface area contributed by atoms with Crippen LogP contribution in [0.4, 0.5) is 0 Å². The first-order valence-electron chi connectivity index (χ1n) is 7.61. The van der Waals surface area contributed by atoms with Crippen molar-refractivity contribution in [2.24, 2.45) is 0 Å². The number of thioether (sulfide) groups is 1. The highest BCUT2D eigenvalue weighted by atomic mass is 32.2. The summed E-state index contributed by atoms with van der Waals surface area (Å²) in [5.74, 6) is 0.118. The van der Waals surface area contributed by atoms with Crippen LogP contribution < -0.4 is 0 Å². The average Bonchev–Trinajstić information content (AvgIpc) is 3.16. The van der Waals surface area contributed by atoms with E-state index in [1.165, 1.54) is 17.8 Å². The van der Waals surface area contributed by atoms with Gasteiger partial charge < -0.3 is 9.64 Å². The van der Waals surface area contributed by atoms with Crippen molar-refractivity contribution in [3.05, 3.63) is 47.7 Å². The SMILES string of the molecule is CCSC1(C(=O)c2ccccc2)OC(=O)C=C1N1CCCC1. The van der Waals surface area contributed by atoms with E-state index in [-0.39, 0.29) is 5.78 Å². The predicted octanol–water partition coefficient (Wildman–Crippen LogP) is 2.86. The molecule has 0 bridgehead atoms. The number of rotatable bonds is 5. The monoisotopic (exact) mass is 317 g/mol. The standard InChI is InChI=1S/C17H19NO3S/c1-2-22-17(16(20)13-8-4-3-5-9-13)14(12-15(19)21-17)18-10-6-7-11-18/h3-5,8-9,12H,2,6-7,10-11H2,1H3. The van der Waals surface area contributed by atoms with Crippen molar-refractivity contribution in [2.45, 2.75) is 24.7 Å². The Bertz CT molecular complexity index is 608. The lowest BCUT2D eigenvalue weighted by Gasteiger charge is -2.33. The van der Waals surface area contributed by atoms with Crippen LogP contribution in [0.3, 0.4) is 0 Å². The first kappa shape index (κ1) is 15.2. The smallest absolute Gasteiger partial charge is 0.334 e. The van der Waals surface area contributed by atoms with Gasteiger partial charge in [0.1, 0.15) is 0 Å². The van der Waals surface area contributed by atoms with Crippen molar-refractivity contribution in [1.82, 2.24) is 4.90 Å². The van der Waals surface area contributed by atoms with Crippen molar-refractivity contribution in [2.75, 3.05) is 18.8 Å². The Morgan fingerprint density at radius 1 is 1.27 bits per heavy atom. The third kappa shape index (κ3) is 2.54. The molecule has 0 aromatic heterocycles. The van der Waals surface area contributed by atoms with E-state index in [0.717, 1.165) is 31.6 Å². The van der Waals surface area contributed by atoms with E-state index in [1.807, 2.05) is 25.1 Å². The first-order valence-corrected chi connectivity index (χ1v) is 8.60. The Morgan fingerprint density at radius 3 is 2.59 bits per heavy atom. The fourth-order valence-corrected chi connectivity index (χ4v) is 4.13. The molecule has 0 saturated carbocycles. The zero-order valence-electron chi connectivity index (χ0n) is 12.6. The van der Waals surface area contributed by atoms with Gasteiger partial charge in [0, 0.05) is 24.7 Å². The third-order valence-electron chi connectivity index (χ3n) is 3.97. The molecule has 1 atom stereocenters. The normalized spacial score (nSPS) is 24.3. The second-order valence-corrected chi connectivity index (χ2v) is 6.83. The van der Waals surface area contributed by atoms with Crippen molar-refractivity contribution in [3.63, 3.8) is 0 Å². The molecule has 0 aliphatic carbocycles. The summed E-state index contributed by atoms with van der Waals surface area (Å²) in [5.41, 5.74) is 1.29. The Balaban J connectivity index is 2.01. The maximum atomic E-state index is 13.1. The average molecular weight is 317 g/mol. The molecule has 1 aromatic rings.